The van der Waals surface area contributed by atoms with Gasteiger partial charge in [0.2, 0.25) is 5.91 Å². The van der Waals surface area contributed by atoms with Crippen molar-refractivity contribution in [2.75, 3.05) is 0 Å². The molecule has 76 valence electrons. The summed E-state index contributed by atoms with van der Waals surface area (Å²) in [7, 11) is 0. The van der Waals surface area contributed by atoms with Gasteiger partial charge in [-0.3, -0.25) is 4.79 Å². The van der Waals surface area contributed by atoms with Crippen LogP contribution in [-0.2, 0) is 4.79 Å². The van der Waals surface area contributed by atoms with Crippen LogP contribution in [0.2, 0.25) is 0 Å². The largest absolute Gasteiger partial charge is 0.374 e. The van der Waals surface area contributed by atoms with E-state index >= 15 is 0 Å². The Hall–Kier alpha value is -0.570. The summed E-state index contributed by atoms with van der Waals surface area (Å²) in [4.78, 5) is 13.0. The van der Waals surface area contributed by atoms with E-state index in [-0.39, 0.29) is 17.4 Å². The van der Waals surface area contributed by atoms with E-state index in [2.05, 4.69) is 20.8 Å². The number of aliphatic hydroxyl groups is 1. The molecule has 1 aliphatic heterocycles. The SMILES string of the molecule is CC(N1C(=O)CCC1O)C(C)(C)C. The van der Waals surface area contributed by atoms with Crippen LogP contribution in [0, 0.1) is 5.41 Å². The van der Waals surface area contributed by atoms with Gasteiger partial charge in [0.05, 0.1) is 0 Å². The first-order valence-electron chi connectivity index (χ1n) is 4.83. The molecule has 0 radical (unpaired) electrons. The van der Waals surface area contributed by atoms with Crippen LogP contribution in [0.25, 0.3) is 0 Å². The van der Waals surface area contributed by atoms with E-state index < -0.39 is 6.23 Å². The van der Waals surface area contributed by atoms with Crippen molar-refractivity contribution < 1.29 is 9.90 Å². The van der Waals surface area contributed by atoms with Crippen molar-refractivity contribution in [1.82, 2.24) is 4.90 Å². The molecule has 2 atom stereocenters. The number of carbonyl (C=O) groups is 1. The van der Waals surface area contributed by atoms with Crippen molar-refractivity contribution in [2.24, 2.45) is 5.41 Å². The van der Waals surface area contributed by atoms with Crippen molar-refractivity contribution in [3.8, 4) is 0 Å². The minimum absolute atomic E-state index is 0.0288. The summed E-state index contributed by atoms with van der Waals surface area (Å²) in [5.41, 5.74) is 0.0288. The number of aliphatic hydroxyl groups excluding tert-OH is 1. The van der Waals surface area contributed by atoms with Crippen LogP contribution in [0.1, 0.15) is 40.5 Å². The Bertz CT molecular complexity index is 207. The number of carbonyl (C=O) groups excluding carboxylic acids is 1. The predicted molar refractivity (Wildman–Crippen MR) is 51.0 cm³/mol. The van der Waals surface area contributed by atoms with Gasteiger partial charge in [-0.15, -0.1) is 0 Å². The quantitative estimate of drug-likeness (QED) is 0.670. The molecule has 2 unspecified atom stereocenters. The molecule has 1 heterocycles. The van der Waals surface area contributed by atoms with Gasteiger partial charge >= 0.3 is 0 Å². The van der Waals surface area contributed by atoms with E-state index in [1.807, 2.05) is 6.92 Å². The molecule has 0 bridgehead atoms. The van der Waals surface area contributed by atoms with Crippen molar-refractivity contribution in [2.45, 2.75) is 52.8 Å². The Morgan fingerprint density at radius 1 is 1.54 bits per heavy atom. The van der Waals surface area contributed by atoms with Gasteiger partial charge in [-0.1, -0.05) is 20.8 Å². The lowest BCUT2D eigenvalue weighted by atomic mass is 9.87. The molecule has 1 N–H and O–H groups in total. The Labute approximate surface area is 79.7 Å². The van der Waals surface area contributed by atoms with Gasteiger partial charge in [0.25, 0.3) is 0 Å². The molecule has 3 nitrogen and oxygen atoms in total. The van der Waals surface area contributed by atoms with E-state index in [9.17, 15) is 9.90 Å². The smallest absolute Gasteiger partial charge is 0.225 e. The van der Waals surface area contributed by atoms with Gasteiger partial charge in [0.1, 0.15) is 6.23 Å². The summed E-state index contributed by atoms with van der Waals surface area (Å²) < 4.78 is 0. The monoisotopic (exact) mass is 185 g/mol. The van der Waals surface area contributed by atoms with Gasteiger partial charge in [-0.05, 0) is 12.3 Å². The fourth-order valence-electron chi connectivity index (χ4n) is 1.58. The van der Waals surface area contributed by atoms with Gasteiger partial charge < -0.3 is 10.0 Å². The topological polar surface area (TPSA) is 40.5 Å². The number of likely N-dealkylation sites (tertiary alicyclic amines) is 1. The molecule has 1 aliphatic rings. The third-order valence-corrected chi connectivity index (χ3v) is 2.90. The molecule has 1 fully saturated rings. The molecule has 0 aliphatic carbocycles. The molecule has 1 rings (SSSR count). The lowest BCUT2D eigenvalue weighted by Gasteiger charge is -2.37. The third kappa shape index (κ3) is 2.02. The Kier molecular flexibility index (Phi) is 2.66. The van der Waals surface area contributed by atoms with E-state index in [4.69, 9.17) is 0 Å². The number of hydrogen-bond donors (Lipinski definition) is 1. The molecule has 1 saturated heterocycles. The summed E-state index contributed by atoms with van der Waals surface area (Å²) in [5, 5.41) is 9.60. The average molecular weight is 185 g/mol. The van der Waals surface area contributed by atoms with Crippen molar-refractivity contribution >= 4 is 5.91 Å². The maximum atomic E-state index is 11.4. The molecule has 0 spiro atoms. The highest BCUT2D eigenvalue weighted by molar-refractivity contribution is 5.78. The number of amides is 1. The minimum Gasteiger partial charge on any atom is -0.374 e. The molecule has 0 aromatic carbocycles. The van der Waals surface area contributed by atoms with E-state index in [0.29, 0.717) is 12.8 Å². The average Bonchev–Trinajstić information content (AvgIpc) is 2.28. The standard InChI is InChI=1S/C10H19NO2/c1-7(10(2,3)4)11-8(12)5-6-9(11)13/h7-8,12H,5-6H2,1-4H3. The van der Waals surface area contributed by atoms with Gasteiger partial charge in [0, 0.05) is 18.9 Å². The molecule has 13 heavy (non-hydrogen) atoms. The lowest BCUT2D eigenvalue weighted by Crippen LogP contribution is -2.46. The van der Waals surface area contributed by atoms with Gasteiger partial charge in [-0.25, -0.2) is 0 Å². The van der Waals surface area contributed by atoms with Crippen LogP contribution in [0.4, 0.5) is 0 Å². The van der Waals surface area contributed by atoms with Crippen LogP contribution >= 0.6 is 0 Å². The maximum absolute atomic E-state index is 11.4. The van der Waals surface area contributed by atoms with Gasteiger partial charge in [-0.2, -0.15) is 0 Å². The van der Waals surface area contributed by atoms with E-state index in [1.54, 1.807) is 4.90 Å². The zero-order valence-corrected chi connectivity index (χ0v) is 8.87. The van der Waals surface area contributed by atoms with Crippen molar-refractivity contribution in [3.05, 3.63) is 0 Å². The van der Waals surface area contributed by atoms with Crippen LogP contribution in [0.3, 0.4) is 0 Å². The van der Waals surface area contributed by atoms with Crippen LogP contribution in [0.5, 0.6) is 0 Å². The molecule has 0 aromatic heterocycles. The van der Waals surface area contributed by atoms with E-state index in [1.165, 1.54) is 0 Å². The van der Waals surface area contributed by atoms with E-state index in [0.717, 1.165) is 0 Å². The first-order valence-corrected chi connectivity index (χ1v) is 4.83. The predicted octanol–water partition coefficient (Wildman–Crippen LogP) is 1.36. The summed E-state index contributed by atoms with van der Waals surface area (Å²) in [6.45, 7) is 8.23. The number of nitrogens with zero attached hydrogens (tertiary/aromatic N) is 1. The van der Waals surface area contributed by atoms with Gasteiger partial charge in [0.15, 0.2) is 0 Å². The first-order chi connectivity index (χ1) is 5.84. The van der Waals surface area contributed by atoms with Crippen LogP contribution in [0.15, 0.2) is 0 Å². The molecule has 0 saturated carbocycles. The Morgan fingerprint density at radius 3 is 2.38 bits per heavy atom. The highest BCUT2D eigenvalue weighted by atomic mass is 16.3. The molecular formula is C10H19NO2. The fourth-order valence-corrected chi connectivity index (χ4v) is 1.58. The molecular weight excluding hydrogens is 166 g/mol. The third-order valence-electron chi connectivity index (χ3n) is 2.90. The van der Waals surface area contributed by atoms with Crippen LogP contribution < -0.4 is 0 Å². The fraction of sp³-hybridized carbons (Fsp3) is 0.900. The second-order valence-corrected chi connectivity index (χ2v) is 4.86. The minimum atomic E-state index is -0.568. The Morgan fingerprint density at radius 2 is 2.08 bits per heavy atom. The second-order valence-electron chi connectivity index (χ2n) is 4.86. The maximum Gasteiger partial charge on any atom is 0.225 e. The zero-order chi connectivity index (χ0) is 10.2. The zero-order valence-electron chi connectivity index (χ0n) is 8.87. The second kappa shape index (κ2) is 3.29. The summed E-state index contributed by atoms with van der Waals surface area (Å²) >= 11 is 0. The summed E-state index contributed by atoms with van der Waals surface area (Å²) in [6.07, 6.45) is 0.502. The summed E-state index contributed by atoms with van der Waals surface area (Å²) in [5.74, 6) is 0.0786. The Balaban J connectivity index is 2.76. The normalized spacial score (nSPS) is 26.7. The number of rotatable bonds is 1. The van der Waals surface area contributed by atoms with Crippen molar-refractivity contribution in [1.29, 1.82) is 0 Å². The summed E-state index contributed by atoms with van der Waals surface area (Å²) in [6, 6.07) is 0.0949. The lowest BCUT2D eigenvalue weighted by molar-refractivity contribution is -0.139. The molecule has 1 amide bonds. The van der Waals surface area contributed by atoms with Crippen LogP contribution in [-0.4, -0.2) is 28.2 Å². The highest BCUT2D eigenvalue weighted by Gasteiger charge is 2.37. The number of hydrogen-bond acceptors (Lipinski definition) is 2. The first kappa shape index (κ1) is 10.5. The molecule has 3 heteroatoms. The van der Waals surface area contributed by atoms with Crippen molar-refractivity contribution in [3.63, 3.8) is 0 Å². The highest BCUT2D eigenvalue weighted by Crippen LogP contribution is 2.29. The molecule has 0 aromatic rings.